The van der Waals surface area contributed by atoms with Crippen LogP contribution in [-0.2, 0) is 19.6 Å². The predicted octanol–water partition coefficient (Wildman–Crippen LogP) is -0.363. The fourth-order valence-electron chi connectivity index (χ4n) is 3.10. The Morgan fingerprint density at radius 3 is 2.50 bits per heavy atom. The van der Waals surface area contributed by atoms with Crippen LogP contribution in [0.2, 0.25) is 0 Å². The Morgan fingerprint density at radius 1 is 1.27 bits per heavy atom. The number of nitrogens with zero attached hydrogens (tertiary/aromatic N) is 2. The van der Waals surface area contributed by atoms with Crippen LogP contribution in [0.3, 0.4) is 0 Å². The smallest absolute Gasteiger partial charge is 0.238 e. The Hall–Kier alpha value is -0.700. The van der Waals surface area contributed by atoms with Crippen LogP contribution in [0.25, 0.3) is 0 Å². The van der Waals surface area contributed by atoms with Crippen LogP contribution in [0.4, 0.5) is 0 Å². The zero-order chi connectivity index (χ0) is 16.4. The molecule has 0 saturated carbocycles. The molecule has 1 N–H and O–H groups in total. The van der Waals surface area contributed by atoms with Crippen LogP contribution in [0, 0.1) is 0 Å². The molecule has 2 saturated heterocycles. The van der Waals surface area contributed by atoms with Gasteiger partial charge in [-0.05, 0) is 26.7 Å². The summed E-state index contributed by atoms with van der Waals surface area (Å²) in [6.07, 6.45) is 2.49. The molecule has 0 bridgehead atoms. The maximum absolute atomic E-state index is 12.4. The second-order valence-corrected chi connectivity index (χ2v) is 8.60. The molecule has 0 spiro atoms. The maximum Gasteiger partial charge on any atom is 0.238 e. The quantitative estimate of drug-likeness (QED) is 0.743. The number of ether oxygens (including phenoxy) is 1. The number of rotatable bonds is 5. The largest absolute Gasteiger partial charge is 0.379 e. The topological polar surface area (TPSA) is 79.0 Å². The number of morpholine rings is 1. The van der Waals surface area contributed by atoms with Crippen molar-refractivity contribution in [2.45, 2.75) is 38.3 Å². The summed E-state index contributed by atoms with van der Waals surface area (Å²) >= 11 is 0. The average Bonchev–Trinajstić information content (AvgIpc) is 2.95. The summed E-state index contributed by atoms with van der Waals surface area (Å²) < 4.78 is 30.1. The standard InChI is InChI=1S/C14H27N3O4S/c1-14(2,16-7-9-21-10-8-16)11-15-13(18)12-5-4-6-17(12)22(3,19)20/h12H,4-11H2,1-3H3,(H,15,18). The molecule has 0 aromatic heterocycles. The Balaban J connectivity index is 1.91. The summed E-state index contributed by atoms with van der Waals surface area (Å²) in [5.74, 6) is -0.191. The van der Waals surface area contributed by atoms with Crippen LogP contribution < -0.4 is 5.32 Å². The van der Waals surface area contributed by atoms with Crippen LogP contribution in [0.5, 0.6) is 0 Å². The van der Waals surface area contributed by atoms with E-state index in [4.69, 9.17) is 4.74 Å². The van der Waals surface area contributed by atoms with Gasteiger partial charge >= 0.3 is 0 Å². The highest BCUT2D eigenvalue weighted by molar-refractivity contribution is 7.88. The first kappa shape index (κ1) is 17.7. The van der Waals surface area contributed by atoms with E-state index in [-0.39, 0.29) is 11.4 Å². The van der Waals surface area contributed by atoms with Crippen molar-refractivity contribution in [2.75, 3.05) is 45.6 Å². The van der Waals surface area contributed by atoms with Gasteiger partial charge in [-0.25, -0.2) is 8.42 Å². The number of carbonyl (C=O) groups excluding carboxylic acids is 1. The molecule has 0 radical (unpaired) electrons. The van der Waals surface area contributed by atoms with Gasteiger partial charge in [0.25, 0.3) is 0 Å². The third-order valence-electron chi connectivity index (χ3n) is 4.49. The summed E-state index contributed by atoms with van der Waals surface area (Å²) in [6, 6.07) is -0.560. The SMILES string of the molecule is CC(C)(CNC(=O)C1CCCN1S(C)(=O)=O)N1CCOCC1. The lowest BCUT2D eigenvalue weighted by Gasteiger charge is -2.41. The molecule has 0 aromatic carbocycles. The average molecular weight is 333 g/mol. The molecule has 2 aliphatic heterocycles. The predicted molar refractivity (Wildman–Crippen MR) is 84.1 cm³/mol. The first-order valence-corrected chi connectivity index (χ1v) is 9.64. The van der Waals surface area contributed by atoms with E-state index >= 15 is 0 Å². The second kappa shape index (κ2) is 6.82. The molecular weight excluding hydrogens is 306 g/mol. The van der Waals surface area contributed by atoms with Gasteiger partial charge in [0.2, 0.25) is 15.9 Å². The fraction of sp³-hybridized carbons (Fsp3) is 0.929. The molecule has 0 aromatic rings. The molecule has 2 aliphatic rings. The van der Waals surface area contributed by atoms with E-state index in [1.807, 2.05) is 0 Å². The molecule has 1 unspecified atom stereocenters. The highest BCUT2D eigenvalue weighted by atomic mass is 32.2. The summed E-state index contributed by atoms with van der Waals surface area (Å²) in [5.41, 5.74) is -0.173. The Labute approximate surface area is 133 Å². The Kier molecular flexibility index (Phi) is 5.47. The van der Waals surface area contributed by atoms with Crippen LogP contribution in [0.1, 0.15) is 26.7 Å². The van der Waals surface area contributed by atoms with Crippen LogP contribution >= 0.6 is 0 Å². The van der Waals surface area contributed by atoms with Gasteiger partial charge in [0.1, 0.15) is 6.04 Å². The molecule has 0 aliphatic carbocycles. The van der Waals surface area contributed by atoms with Crippen molar-refractivity contribution in [3.05, 3.63) is 0 Å². The Bertz CT molecular complexity index is 500. The number of nitrogens with one attached hydrogen (secondary N) is 1. The maximum atomic E-state index is 12.4. The van der Waals surface area contributed by atoms with Crippen molar-refractivity contribution in [2.24, 2.45) is 0 Å². The number of amides is 1. The highest BCUT2D eigenvalue weighted by Gasteiger charge is 2.37. The molecule has 8 heteroatoms. The van der Waals surface area contributed by atoms with E-state index in [1.165, 1.54) is 4.31 Å². The van der Waals surface area contributed by atoms with Crippen molar-refractivity contribution in [3.63, 3.8) is 0 Å². The lowest BCUT2D eigenvalue weighted by Crippen LogP contribution is -2.57. The molecule has 22 heavy (non-hydrogen) atoms. The van der Waals surface area contributed by atoms with E-state index in [0.717, 1.165) is 25.8 Å². The lowest BCUT2D eigenvalue weighted by molar-refractivity contribution is -0.125. The molecule has 128 valence electrons. The Morgan fingerprint density at radius 2 is 1.91 bits per heavy atom. The zero-order valence-electron chi connectivity index (χ0n) is 13.7. The summed E-state index contributed by atoms with van der Waals surface area (Å²) in [4.78, 5) is 14.7. The van der Waals surface area contributed by atoms with E-state index in [2.05, 4.69) is 24.1 Å². The third-order valence-corrected chi connectivity index (χ3v) is 5.78. The van der Waals surface area contributed by atoms with Crippen molar-refractivity contribution in [3.8, 4) is 0 Å². The van der Waals surface area contributed by atoms with Gasteiger partial charge in [0.15, 0.2) is 0 Å². The molecule has 1 atom stereocenters. The summed E-state index contributed by atoms with van der Waals surface area (Å²) in [5, 5.41) is 2.94. The minimum atomic E-state index is -3.33. The van der Waals surface area contributed by atoms with Gasteiger partial charge in [-0.1, -0.05) is 0 Å². The zero-order valence-corrected chi connectivity index (χ0v) is 14.5. The molecule has 2 rings (SSSR count). The van der Waals surface area contributed by atoms with Crippen molar-refractivity contribution in [1.29, 1.82) is 0 Å². The van der Waals surface area contributed by atoms with Crippen molar-refractivity contribution < 1.29 is 17.9 Å². The molecule has 7 nitrogen and oxygen atoms in total. The van der Waals surface area contributed by atoms with Crippen LogP contribution in [-0.4, -0.2) is 80.8 Å². The number of carbonyl (C=O) groups is 1. The molecular formula is C14H27N3O4S. The highest BCUT2D eigenvalue weighted by Crippen LogP contribution is 2.21. The molecule has 1 amide bonds. The van der Waals surface area contributed by atoms with Gasteiger partial charge in [-0.15, -0.1) is 0 Å². The number of hydrogen-bond donors (Lipinski definition) is 1. The monoisotopic (exact) mass is 333 g/mol. The van der Waals surface area contributed by atoms with Crippen LogP contribution in [0.15, 0.2) is 0 Å². The van der Waals surface area contributed by atoms with E-state index in [1.54, 1.807) is 0 Å². The first-order valence-electron chi connectivity index (χ1n) is 7.79. The first-order chi connectivity index (χ1) is 10.2. The molecule has 2 heterocycles. The summed E-state index contributed by atoms with van der Waals surface area (Å²) in [7, 11) is -3.33. The normalized spacial score (nSPS) is 25.3. The summed E-state index contributed by atoms with van der Waals surface area (Å²) in [6.45, 7) is 8.22. The number of hydrogen-bond acceptors (Lipinski definition) is 5. The minimum Gasteiger partial charge on any atom is -0.379 e. The lowest BCUT2D eigenvalue weighted by atomic mass is 10.0. The number of sulfonamides is 1. The third kappa shape index (κ3) is 4.18. The van der Waals surface area contributed by atoms with Gasteiger partial charge in [-0.3, -0.25) is 9.69 Å². The van der Waals surface area contributed by atoms with E-state index in [9.17, 15) is 13.2 Å². The fourth-order valence-corrected chi connectivity index (χ4v) is 4.23. The van der Waals surface area contributed by atoms with Gasteiger partial charge in [-0.2, -0.15) is 4.31 Å². The van der Waals surface area contributed by atoms with Gasteiger partial charge in [0.05, 0.1) is 19.5 Å². The van der Waals surface area contributed by atoms with Gasteiger partial charge in [0, 0.05) is 31.7 Å². The van der Waals surface area contributed by atoms with E-state index < -0.39 is 16.1 Å². The minimum absolute atomic E-state index is 0.173. The molecule has 2 fully saturated rings. The van der Waals surface area contributed by atoms with Crippen molar-refractivity contribution in [1.82, 2.24) is 14.5 Å². The van der Waals surface area contributed by atoms with Gasteiger partial charge < -0.3 is 10.1 Å². The second-order valence-electron chi connectivity index (χ2n) is 6.66. The van der Waals surface area contributed by atoms with E-state index in [0.29, 0.717) is 32.7 Å². The van der Waals surface area contributed by atoms with Crippen molar-refractivity contribution >= 4 is 15.9 Å².